The van der Waals surface area contributed by atoms with Crippen molar-refractivity contribution in [1.29, 1.82) is 5.26 Å². The van der Waals surface area contributed by atoms with Crippen molar-refractivity contribution in [2.24, 2.45) is 0 Å². The van der Waals surface area contributed by atoms with E-state index >= 15 is 0 Å². The van der Waals surface area contributed by atoms with Crippen LogP contribution >= 0.6 is 11.6 Å². The fourth-order valence-corrected chi connectivity index (χ4v) is 3.28. The number of alkyl halides is 1. The zero-order chi connectivity index (χ0) is 16.7. The summed E-state index contributed by atoms with van der Waals surface area (Å²) in [5, 5.41) is 9.45. The molecule has 0 radical (unpaired) electrons. The van der Waals surface area contributed by atoms with Crippen LogP contribution in [0.5, 0.6) is 5.75 Å². The normalized spacial score (nSPS) is 17.7. The minimum Gasteiger partial charge on any atom is -0.496 e. The molecule has 1 saturated heterocycles. The Balaban J connectivity index is 2.48. The number of halogens is 1. The van der Waals surface area contributed by atoms with Gasteiger partial charge in [0.15, 0.2) is 0 Å². The highest BCUT2D eigenvalue weighted by Crippen LogP contribution is 2.44. The van der Waals surface area contributed by atoms with Crippen LogP contribution in [-0.4, -0.2) is 30.6 Å². The highest BCUT2D eigenvalue weighted by molar-refractivity contribution is 6.20. The lowest BCUT2D eigenvalue weighted by Gasteiger charge is -2.48. The third kappa shape index (κ3) is 2.95. The van der Waals surface area contributed by atoms with Crippen molar-refractivity contribution in [1.82, 2.24) is 4.90 Å². The number of benzene rings is 1. The molecule has 0 saturated carbocycles. The van der Waals surface area contributed by atoms with E-state index in [0.29, 0.717) is 5.92 Å². The number of nitrogens with zero attached hydrogens (tertiary/aromatic N) is 2. The Bertz CT molecular complexity index is 605. The van der Waals surface area contributed by atoms with Gasteiger partial charge in [0.05, 0.1) is 24.1 Å². The number of rotatable bonds is 3. The molecule has 1 aromatic carbocycles. The molecular weight excluding hydrogens is 296 g/mol. The summed E-state index contributed by atoms with van der Waals surface area (Å²) in [6, 6.07) is 4.35. The van der Waals surface area contributed by atoms with Crippen molar-refractivity contribution in [2.75, 3.05) is 20.2 Å². The number of hydrogen-bond donors (Lipinski definition) is 0. The standard InChI is InChI=1S/C18H25ClN2O/c1-11-7-14(12(2)19)17(22-6)16(15(11)8-20)13-9-21(10-13)18(3,4)5/h7,12-13H,9-10H2,1-6H3. The van der Waals surface area contributed by atoms with Crippen molar-refractivity contribution in [2.45, 2.75) is 51.5 Å². The molecule has 1 unspecified atom stereocenters. The fourth-order valence-electron chi connectivity index (χ4n) is 3.12. The molecule has 22 heavy (non-hydrogen) atoms. The zero-order valence-electron chi connectivity index (χ0n) is 14.3. The number of likely N-dealkylation sites (tertiary alicyclic amines) is 1. The molecule has 4 heteroatoms. The summed E-state index contributed by atoms with van der Waals surface area (Å²) in [6.07, 6.45) is 0. The molecule has 1 fully saturated rings. The van der Waals surface area contributed by atoms with Crippen LogP contribution in [0.25, 0.3) is 0 Å². The molecule has 1 atom stereocenters. The van der Waals surface area contributed by atoms with Gasteiger partial charge in [0.2, 0.25) is 0 Å². The van der Waals surface area contributed by atoms with Gasteiger partial charge in [-0.3, -0.25) is 4.90 Å². The predicted molar refractivity (Wildman–Crippen MR) is 90.8 cm³/mol. The van der Waals surface area contributed by atoms with E-state index in [2.05, 4.69) is 31.7 Å². The fraction of sp³-hybridized carbons (Fsp3) is 0.611. The Hall–Kier alpha value is -1.24. The average molecular weight is 321 g/mol. The minimum absolute atomic E-state index is 0.140. The molecule has 0 aliphatic carbocycles. The first-order chi connectivity index (χ1) is 10.2. The van der Waals surface area contributed by atoms with Gasteiger partial charge in [0.1, 0.15) is 5.75 Å². The first-order valence-electron chi connectivity index (χ1n) is 7.71. The molecule has 0 bridgehead atoms. The monoisotopic (exact) mass is 320 g/mol. The van der Waals surface area contributed by atoms with Crippen LogP contribution < -0.4 is 4.74 Å². The highest BCUT2D eigenvalue weighted by Gasteiger charge is 2.38. The van der Waals surface area contributed by atoms with Gasteiger partial charge in [0.25, 0.3) is 0 Å². The molecule has 2 rings (SSSR count). The second-order valence-electron chi connectivity index (χ2n) is 7.11. The number of methoxy groups -OCH3 is 1. The molecule has 1 aromatic rings. The summed E-state index contributed by atoms with van der Waals surface area (Å²) < 4.78 is 5.66. The molecule has 0 aromatic heterocycles. The van der Waals surface area contributed by atoms with E-state index in [-0.39, 0.29) is 10.9 Å². The Morgan fingerprint density at radius 1 is 1.41 bits per heavy atom. The third-order valence-corrected chi connectivity index (χ3v) is 4.76. The number of hydrogen-bond acceptors (Lipinski definition) is 3. The number of ether oxygens (including phenoxy) is 1. The molecule has 0 spiro atoms. The van der Waals surface area contributed by atoms with Gasteiger partial charge in [0, 0.05) is 35.7 Å². The van der Waals surface area contributed by atoms with Gasteiger partial charge < -0.3 is 4.74 Å². The van der Waals surface area contributed by atoms with Crippen LogP contribution in [-0.2, 0) is 0 Å². The van der Waals surface area contributed by atoms with E-state index in [1.165, 1.54) is 0 Å². The molecule has 0 N–H and O–H groups in total. The maximum atomic E-state index is 9.59. The predicted octanol–water partition coefficient (Wildman–Crippen LogP) is 4.37. The van der Waals surface area contributed by atoms with E-state index in [1.54, 1.807) is 7.11 Å². The van der Waals surface area contributed by atoms with E-state index < -0.39 is 0 Å². The Kier molecular flexibility index (Phi) is 4.75. The molecule has 0 amide bonds. The lowest BCUT2D eigenvalue weighted by atomic mass is 9.81. The van der Waals surface area contributed by atoms with Gasteiger partial charge in [-0.2, -0.15) is 5.26 Å². The summed E-state index contributed by atoms with van der Waals surface area (Å²) in [5.74, 6) is 1.13. The second kappa shape index (κ2) is 6.10. The Labute approximate surface area is 138 Å². The highest BCUT2D eigenvalue weighted by atomic mass is 35.5. The van der Waals surface area contributed by atoms with Crippen LogP contribution in [0.2, 0.25) is 0 Å². The molecule has 1 heterocycles. The van der Waals surface area contributed by atoms with Crippen molar-refractivity contribution in [3.63, 3.8) is 0 Å². The maximum Gasteiger partial charge on any atom is 0.128 e. The average Bonchev–Trinajstić information content (AvgIpc) is 2.34. The van der Waals surface area contributed by atoms with Crippen molar-refractivity contribution in [3.8, 4) is 11.8 Å². The van der Waals surface area contributed by atoms with Gasteiger partial charge in [-0.25, -0.2) is 0 Å². The molecule has 3 nitrogen and oxygen atoms in total. The third-order valence-electron chi connectivity index (χ3n) is 4.53. The summed E-state index contributed by atoms with van der Waals surface area (Å²) in [7, 11) is 1.66. The van der Waals surface area contributed by atoms with Crippen molar-refractivity contribution >= 4 is 11.6 Å². The van der Waals surface area contributed by atoms with Gasteiger partial charge >= 0.3 is 0 Å². The second-order valence-corrected chi connectivity index (χ2v) is 7.76. The zero-order valence-corrected chi connectivity index (χ0v) is 15.1. The first kappa shape index (κ1) is 17.1. The van der Waals surface area contributed by atoms with Crippen LogP contribution in [0, 0.1) is 18.3 Å². The van der Waals surface area contributed by atoms with Crippen LogP contribution in [0.4, 0.5) is 0 Å². The van der Waals surface area contributed by atoms with Crippen LogP contribution in [0.1, 0.15) is 61.2 Å². The molecule has 1 aliphatic heterocycles. The summed E-state index contributed by atoms with van der Waals surface area (Å²) in [5.41, 5.74) is 3.90. The maximum absolute atomic E-state index is 9.59. The van der Waals surface area contributed by atoms with Crippen LogP contribution in [0.3, 0.4) is 0 Å². The largest absolute Gasteiger partial charge is 0.496 e. The SMILES string of the molecule is COc1c(C(C)Cl)cc(C)c(C#N)c1C1CN(C(C)(C)C)C1. The number of aryl methyl sites for hydroxylation is 1. The Morgan fingerprint density at radius 3 is 2.41 bits per heavy atom. The van der Waals surface area contributed by atoms with E-state index in [1.807, 2.05) is 19.9 Å². The number of nitriles is 1. The topological polar surface area (TPSA) is 36.3 Å². The Morgan fingerprint density at radius 2 is 2.00 bits per heavy atom. The molecular formula is C18H25ClN2O. The van der Waals surface area contributed by atoms with Crippen LogP contribution in [0.15, 0.2) is 6.07 Å². The lowest BCUT2D eigenvalue weighted by molar-refractivity contribution is 0.0460. The first-order valence-corrected chi connectivity index (χ1v) is 8.15. The van der Waals surface area contributed by atoms with Gasteiger partial charge in [-0.15, -0.1) is 11.6 Å². The summed E-state index contributed by atoms with van der Waals surface area (Å²) >= 11 is 6.32. The van der Waals surface area contributed by atoms with Crippen molar-refractivity contribution < 1.29 is 4.74 Å². The molecule has 1 aliphatic rings. The minimum atomic E-state index is -0.140. The van der Waals surface area contributed by atoms with Gasteiger partial charge in [-0.05, 0) is 46.2 Å². The quantitative estimate of drug-likeness (QED) is 0.776. The van der Waals surface area contributed by atoms with E-state index in [0.717, 1.165) is 41.1 Å². The van der Waals surface area contributed by atoms with Crippen molar-refractivity contribution in [3.05, 3.63) is 28.3 Å². The van der Waals surface area contributed by atoms with E-state index in [4.69, 9.17) is 16.3 Å². The van der Waals surface area contributed by atoms with E-state index in [9.17, 15) is 5.26 Å². The van der Waals surface area contributed by atoms with Gasteiger partial charge in [-0.1, -0.05) is 0 Å². The lowest BCUT2D eigenvalue weighted by Crippen LogP contribution is -2.54. The summed E-state index contributed by atoms with van der Waals surface area (Å²) in [4.78, 5) is 2.42. The smallest absolute Gasteiger partial charge is 0.128 e. The summed E-state index contributed by atoms with van der Waals surface area (Å²) in [6.45, 7) is 12.5. The molecule has 120 valence electrons.